The van der Waals surface area contributed by atoms with Crippen LogP contribution in [0, 0.1) is 11.8 Å². The quantitative estimate of drug-likeness (QED) is 0.473. The second kappa shape index (κ2) is 6.20. The molecule has 1 rings (SSSR count). The van der Waals surface area contributed by atoms with E-state index in [1.54, 1.807) is 0 Å². The summed E-state index contributed by atoms with van der Waals surface area (Å²) < 4.78 is 0. The van der Waals surface area contributed by atoms with Gasteiger partial charge in [-0.2, -0.15) is 0 Å². The molecule has 0 aliphatic heterocycles. The van der Waals surface area contributed by atoms with Crippen LogP contribution in [0.5, 0.6) is 0 Å². The molecule has 0 amide bonds. The molecular weight excluding hydrogens is 160 g/mol. The van der Waals surface area contributed by atoms with Gasteiger partial charge in [-0.05, 0) is 24.7 Å². The van der Waals surface area contributed by atoms with E-state index in [9.17, 15) is 0 Å². The van der Waals surface area contributed by atoms with Gasteiger partial charge < -0.3 is 5.11 Å². The first-order chi connectivity index (χ1) is 6.38. The molecule has 13 heavy (non-hydrogen) atoms. The van der Waals surface area contributed by atoms with E-state index in [1.165, 1.54) is 38.5 Å². The summed E-state index contributed by atoms with van der Waals surface area (Å²) in [5.41, 5.74) is 0. The molecule has 76 valence electrons. The molecule has 1 nitrogen and oxygen atoms in total. The third kappa shape index (κ3) is 4.47. The highest BCUT2D eigenvalue weighted by Gasteiger charge is 2.34. The SMILES string of the molecule is CCCCC[C@H]1C[C@@H]1CC=CCO. The molecule has 0 bridgehead atoms. The van der Waals surface area contributed by atoms with Crippen LogP contribution in [0.4, 0.5) is 0 Å². The lowest BCUT2D eigenvalue weighted by Crippen LogP contribution is -1.83. The molecule has 0 aromatic carbocycles. The molecule has 1 heteroatoms. The van der Waals surface area contributed by atoms with Crippen molar-refractivity contribution >= 4 is 0 Å². The Bertz CT molecular complexity index is 151. The minimum atomic E-state index is 0.202. The number of hydrogen-bond acceptors (Lipinski definition) is 1. The zero-order valence-corrected chi connectivity index (χ0v) is 8.71. The third-order valence-electron chi connectivity index (χ3n) is 2.96. The van der Waals surface area contributed by atoms with Crippen LogP contribution in [0.15, 0.2) is 12.2 Å². The van der Waals surface area contributed by atoms with E-state index in [2.05, 4.69) is 13.0 Å². The summed E-state index contributed by atoms with van der Waals surface area (Å²) in [6.45, 7) is 2.46. The van der Waals surface area contributed by atoms with E-state index in [-0.39, 0.29) is 6.61 Å². The summed E-state index contributed by atoms with van der Waals surface area (Å²) >= 11 is 0. The maximum atomic E-state index is 8.55. The molecule has 0 heterocycles. The van der Waals surface area contributed by atoms with Crippen LogP contribution in [0.3, 0.4) is 0 Å². The molecular formula is C12H22O. The Balaban J connectivity index is 1.93. The Hall–Kier alpha value is -0.300. The largest absolute Gasteiger partial charge is 0.392 e. The predicted molar refractivity (Wildman–Crippen MR) is 56.6 cm³/mol. The topological polar surface area (TPSA) is 20.2 Å². The molecule has 0 saturated heterocycles. The van der Waals surface area contributed by atoms with Crippen LogP contribution >= 0.6 is 0 Å². The van der Waals surface area contributed by atoms with E-state index in [4.69, 9.17) is 5.11 Å². The Morgan fingerprint density at radius 2 is 2.08 bits per heavy atom. The van der Waals surface area contributed by atoms with Crippen molar-refractivity contribution in [3.63, 3.8) is 0 Å². The number of unbranched alkanes of at least 4 members (excludes halogenated alkanes) is 2. The molecule has 2 atom stereocenters. The van der Waals surface area contributed by atoms with Crippen LogP contribution in [-0.2, 0) is 0 Å². The van der Waals surface area contributed by atoms with Gasteiger partial charge in [0.15, 0.2) is 0 Å². The molecule has 1 N–H and O–H groups in total. The maximum Gasteiger partial charge on any atom is 0.0612 e. The average molecular weight is 182 g/mol. The van der Waals surface area contributed by atoms with Gasteiger partial charge >= 0.3 is 0 Å². The lowest BCUT2D eigenvalue weighted by Gasteiger charge is -1.96. The lowest BCUT2D eigenvalue weighted by molar-refractivity contribution is 0.342. The van der Waals surface area contributed by atoms with E-state index in [0.29, 0.717) is 0 Å². The van der Waals surface area contributed by atoms with Gasteiger partial charge in [-0.25, -0.2) is 0 Å². The van der Waals surface area contributed by atoms with Crippen molar-refractivity contribution in [3.8, 4) is 0 Å². The van der Waals surface area contributed by atoms with E-state index >= 15 is 0 Å². The molecule has 0 unspecified atom stereocenters. The fraction of sp³-hybridized carbons (Fsp3) is 0.833. The summed E-state index contributed by atoms with van der Waals surface area (Å²) in [6, 6.07) is 0. The summed E-state index contributed by atoms with van der Waals surface area (Å²) in [5.74, 6) is 1.95. The molecule has 0 aromatic heterocycles. The van der Waals surface area contributed by atoms with E-state index in [0.717, 1.165) is 11.8 Å². The molecule has 1 aliphatic rings. The third-order valence-corrected chi connectivity index (χ3v) is 2.96. The Morgan fingerprint density at radius 3 is 2.77 bits per heavy atom. The van der Waals surface area contributed by atoms with Crippen molar-refractivity contribution in [2.45, 2.75) is 45.4 Å². The van der Waals surface area contributed by atoms with Crippen LogP contribution < -0.4 is 0 Å². The van der Waals surface area contributed by atoms with Crippen LogP contribution in [0.1, 0.15) is 45.4 Å². The molecule has 1 aliphatic carbocycles. The first kappa shape index (κ1) is 10.8. The number of rotatable bonds is 7. The highest BCUT2D eigenvalue weighted by molar-refractivity contribution is 4.93. The van der Waals surface area contributed by atoms with Crippen LogP contribution in [0.2, 0.25) is 0 Å². The van der Waals surface area contributed by atoms with Crippen molar-refractivity contribution in [2.24, 2.45) is 11.8 Å². The van der Waals surface area contributed by atoms with Gasteiger partial charge in [0.1, 0.15) is 0 Å². The van der Waals surface area contributed by atoms with Gasteiger partial charge in [0.05, 0.1) is 6.61 Å². The smallest absolute Gasteiger partial charge is 0.0612 e. The highest BCUT2D eigenvalue weighted by atomic mass is 16.2. The minimum absolute atomic E-state index is 0.202. The molecule has 1 fully saturated rings. The number of aliphatic hydroxyl groups is 1. The Labute approximate surface area is 81.9 Å². The van der Waals surface area contributed by atoms with Crippen LogP contribution in [0.25, 0.3) is 0 Å². The van der Waals surface area contributed by atoms with Crippen molar-refractivity contribution in [3.05, 3.63) is 12.2 Å². The van der Waals surface area contributed by atoms with Crippen molar-refractivity contribution in [1.82, 2.24) is 0 Å². The van der Waals surface area contributed by atoms with Crippen molar-refractivity contribution in [2.75, 3.05) is 6.61 Å². The summed E-state index contributed by atoms with van der Waals surface area (Å²) in [7, 11) is 0. The first-order valence-corrected chi connectivity index (χ1v) is 5.64. The second-order valence-electron chi connectivity index (χ2n) is 4.14. The number of aliphatic hydroxyl groups excluding tert-OH is 1. The van der Waals surface area contributed by atoms with E-state index < -0.39 is 0 Å². The number of hydrogen-bond donors (Lipinski definition) is 1. The van der Waals surface area contributed by atoms with Gasteiger partial charge in [-0.15, -0.1) is 0 Å². The fourth-order valence-electron chi connectivity index (χ4n) is 1.95. The van der Waals surface area contributed by atoms with Gasteiger partial charge in [0.25, 0.3) is 0 Å². The first-order valence-electron chi connectivity index (χ1n) is 5.64. The summed E-state index contributed by atoms with van der Waals surface area (Å²) in [6.07, 6.45) is 12.2. The maximum absolute atomic E-state index is 8.55. The second-order valence-corrected chi connectivity index (χ2v) is 4.14. The predicted octanol–water partition coefficient (Wildman–Crippen LogP) is 3.14. The van der Waals surface area contributed by atoms with Gasteiger partial charge in [-0.3, -0.25) is 0 Å². The van der Waals surface area contributed by atoms with Crippen molar-refractivity contribution in [1.29, 1.82) is 0 Å². The number of allylic oxidation sites excluding steroid dienone is 1. The van der Waals surface area contributed by atoms with E-state index in [1.807, 2.05) is 6.08 Å². The molecule has 0 spiro atoms. The monoisotopic (exact) mass is 182 g/mol. The summed E-state index contributed by atoms with van der Waals surface area (Å²) in [4.78, 5) is 0. The van der Waals surface area contributed by atoms with Gasteiger partial charge in [-0.1, -0.05) is 44.8 Å². The fourth-order valence-corrected chi connectivity index (χ4v) is 1.95. The average Bonchev–Trinajstić information content (AvgIpc) is 2.85. The molecule has 1 saturated carbocycles. The van der Waals surface area contributed by atoms with Gasteiger partial charge in [0.2, 0.25) is 0 Å². The Morgan fingerprint density at radius 1 is 1.23 bits per heavy atom. The lowest BCUT2D eigenvalue weighted by atomic mass is 10.1. The van der Waals surface area contributed by atoms with Gasteiger partial charge in [0, 0.05) is 0 Å². The standard InChI is InChI=1S/C12H22O/c1-2-3-4-7-11-10-12(11)8-5-6-9-13/h5-6,11-13H,2-4,7-10H2,1H3/t11-,12-/m0/s1. The van der Waals surface area contributed by atoms with Crippen LogP contribution in [-0.4, -0.2) is 11.7 Å². The normalized spacial score (nSPS) is 26.9. The Kier molecular flexibility index (Phi) is 5.14. The zero-order chi connectivity index (χ0) is 9.52. The zero-order valence-electron chi connectivity index (χ0n) is 8.71. The van der Waals surface area contributed by atoms with Crippen molar-refractivity contribution < 1.29 is 5.11 Å². The highest BCUT2D eigenvalue weighted by Crippen LogP contribution is 2.44. The minimum Gasteiger partial charge on any atom is -0.392 e. The summed E-state index contributed by atoms with van der Waals surface area (Å²) in [5, 5.41) is 8.55. The molecule has 0 aromatic rings. The molecule has 0 radical (unpaired) electrons.